The molecular formula is C20H24N4O. The lowest BCUT2D eigenvalue weighted by molar-refractivity contribution is 0.129. The summed E-state index contributed by atoms with van der Waals surface area (Å²) in [5, 5.41) is 4.32. The number of anilines is 2. The van der Waals surface area contributed by atoms with E-state index in [-0.39, 0.29) is 5.60 Å². The summed E-state index contributed by atoms with van der Waals surface area (Å²) < 4.78 is 6.05. The predicted octanol–water partition coefficient (Wildman–Crippen LogP) is 4.04. The van der Waals surface area contributed by atoms with Crippen LogP contribution in [0.25, 0.3) is 10.9 Å². The molecule has 25 heavy (non-hydrogen) atoms. The monoisotopic (exact) mass is 336 g/mol. The van der Waals surface area contributed by atoms with Crippen molar-refractivity contribution in [1.29, 1.82) is 0 Å². The zero-order chi connectivity index (χ0) is 17.9. The fourth-order valence-corrected chi connectivity index (χ4v) is 2.67. The number of hydrogen-bond donors (Lipinski definition) is 2. The highest BCUT2D eigenvalue weighted by Gasteiger charge is 2.14. The molecule has 2 aromatic carbocycles. The molecule has 0 aliphatic carbocycles. The second-order valence-corrected chi connectivity index (χ2v) is 7.00. The van der Waals surface area contributed by atoms with E-state index < -0.39 is 0 Å². The Balaban J connectivity index is 1.73. The van der Waals surface area contributed by atoms with Crippen molar-refractivity contribution in [3.63, 3.8) is 0 Å². The van der Waals surface area contributed by atoms with Gasteiger partial charge in [0.25, 0.3) is 0 Å². The lowest BCUT2D eigenvalue weighted by Crippen LogP contribution is -2.23. The third-order valence-electron chi connectivity index (χ3n) is 3.73. The molecule has 0 spiro atoms. The molecule has 130 valence electrons. The number of nitrogen functional groups attached to an aromatic ring is 1. The summed E-state index contributed by atoms with van der Waals surface area (Å²) in [6, 6.07) is 13.8. The van der Waals surface area contributed by atoms with Gasteiger partial charge in [-0.15, -0.1) is 0 Å². The number of fused-ring (bicyclic) bond motifs is 1. The molecule has 0 aliphatic rings. The number of benzene rings is 2. The van der Waals surface area contributed by atoms with Crippen molar-refractivity contribution in [3.8, 4) is 5.75 Å². The summed E-state index contributed by atoms with van der Waals surface area (Å²) in [4.78, 5) is 8.63. The summed E-state index contributed by atoms with van der Waals surface area (Å²) in [5.74, 6) is 1.72. The molecule has 1 aromatic heterocycles. The molecule has 0 saturated heterocycles. The highest BCUT2D eigenvalue weighted by molar-refractivity contribution is 5.91. The van der Waals surface area contributed by atoms with Crippen LogP contribution in [0.5, 0.6) is 5.75 Å². The number of nitrogens with one attached hydrogen (secondary N) is 1. The Labute approximate surface area is 148 Å². The molecule has 5 nitrogen and oxygen atoms in total. The SMILES string of the molecule is CC(C)(C)Oc1ccccc1CCNc1ncnc2ccc(N)cc12. The molecule has 3 N–H and O–H groups in total. The first-order chi connectivity index (χ1) is 11.9. The smallest absolute Gasteiger partial charge is 0.137 e. The van der Waals surface area contributed by atoms with Crippen LogP contribution in [0.3, 0.4) is 0 Å². The summed E-state index contributed by atoms with van der Waals surface area (Å²) in [6.07, 6.45) is 2.40. The van der Waals surface area contributed by atoms with E-state index in [4.69, 9.17) is 10.5 Å². The Kier molecular flexibility index (Phi) is 4.74. The van der Waals surface area contributed by atoms with Gasteiger partial charge >= 0.3 is 0 Å². The van der Waals surface area contributed by atoms with Crippen LogP contribution in [-0.4, -0.2) is 22.1 Å². The van der Waals surface area contributed by atoms with Crippen molar-refractivity contribution in [3.05, 3.63) is 54.4 Å². The average Bonchev–Trinajstić information content (AvgIpc) is 2.55. The number of hydrogen-bond acceptors (Lipinski definition) is 5. The standard InChI is InChI=1S/C20H24N4O/c1-20(2,3)25-18-7-5-4-6-14(18)10-11-22-19-16-12-15(21)8-9-17(16)23-13-24-19/h4-9,12-13H,10-11,21H2,1-3H3,(H,22,23,24). The van der Waals surface area contributed by atoms with Crippen LogP contribution in [0.4, 0.5) is 11.5 Å². The Morgan fingerprint density at radius 1 is 1.08 bits per heavy atom. The van der Waals surface area contributed by atoms with Crippen LogP contribution in [0.15, 0.2) is 48.8 Å². The minimum Gasteiger partial charge on any atom is -0.488 e. The van der Waals surface area contributed by atoms with Crippen molar-refractivity contribution in [2.45, 2.75) is 32.8 Å². The van der Waals surface area contributed by atoms with Gasteiger partial charge in [0.05, 0.1) is 5.52 Å². The van der Waals surface area contributed by atoms with Crippen LogP contribution in [-0.2, 0) is 6.42 Å². The first kappa shape index (κ1) is 17.0. The van der Waals surface area contributed by atoms with Gasteiger partial charge in [0.15, 0.2) is 0 Å². The molecule has 0 unspecified atom stereocenters. The fraction of sp³-hybridized carbons (Fsp3) is 0.300. The van der Waals surface area contributed by atoms with E-state index >= 15 is 0 Å². The lowest BCUT2D eigenvalue weighted by Gasteiger charge is -2.23. The van der Waals surface area contributed by atoms with E-state index in [1.807, 2.05) is 36.4 Å². The third-order valence-corrected chi connectivity index (χ3v) is 3.73. The second-order valence-electron chi connectivity index (χ2n) is 7.00. The molecule has 0 radical (unpaired) electrons. The number of rotatable bonds is 5. The first-order valence-corrected chi connectivity index (χ1v) is 8.43. The highest BCUT2D eigenvalue weighted by Crippen LogP contribution is 2.24. The first-order valence-electron chi connectivity index (χ1n) is 8.43. The largest absolute Gasteiger partial charge is 0.488 e. The molecule has 0 atom stereocenters. The van der Waals surface area contributed by atoms with E-state index in [9.17, 15) is 0 Å². The minimum atomic E-state index is -0.218. The zero-order valence-corrected chi connectivity index (χ0v) is 14.9. The highest BCUT2D eigenvalue weighted by atomic mass is 16.5. The number of nitrogens with zero attached hydrogens (tertiary/aromatic N) is 2. The van der Waals surface area contributed by atoms with E-state index in [1.54, 1.807) is 6.33 Å². The lowest BCUT2D eigenvalue weighted by atomic mass is 10.1. The maximum absolute atomic E-state index is 6.05. The maximum Gasteiger partial charge on any atom is 0.137 e. The summed E-state index contributed by atoms with van der Waals surface area (Å²) in [7, 11) is 0. The zero-order valence-electron chi connectivity index (χ0n) is 14.9. The van der Waals surface area contributed by atoms with Gasteiger partial charge in [0, 0.05) is 17.6 Å². The molecule has 0 saturated carbocycles. The topological polar surface area (TPSA) is 73.1 Å². The van der Waals surface area contributed by atoms with Crippen LogP contribution in [0, 0.1) is 0 Å². The van der Waals surface area contributed by atoms with Gasteiger partial charge in [0.1, 0.15) is 23.5 Å². The quantitative estimate of drug-likeness (QED) is 0.688. The van der Waals surface area contributed by atoms with Crippen LogP contribution in [0.2, 0.25) is 0 Å². The van der Waals surface area contributed by atoms with Gasteiger partial charge < -0.3 is 15.8 Å². The van der Waals surface area contributed by atoms with Gasteiger partial charge in [0.2, 0.25) is 0 Å². The van der Waals surface area contributed by atoms with Crippen molar-refractivity contribution in [2.75, 3.05) is 17.6 Å². The third kappa shape index (κ3) is 4.38. The number of nitrogens with two attached hydrogens (primary N) is 1. The summed E-state index contributed by atoms with van der Waals surface area (Å²) in [6.45, 7) is 6.91. The van der Waals surface area contributed by atoms with Crippen LogP contribution >= 0.6 is 0 Å². The Hall–Kier alpha value is -2.82. The maximum atomic E-state index is 6.05. The second kappa shape index (κ2) is 6.97. The number of aromatic nitrogens is 2. The molecule has 5 heteroatoms. The van der Waals surface area contributed by atoms with E-state index in [1.165, 1.54) is 5.56 Å². The van der Waals surface area contributed by atoms with Gasteiger partial charge in [-0.25, -0.2) is 9.97 Å². The Morgan fingerprint density at radius 3 is 2.68 bits per heavy atom. The molecule has 3 aromatic rings. The van der Waals surface area contributed by atoms with Crippen molar-refractivity contribution in [1.82, 2.24) is 9.97 Å². The van der Waals surface area contributed by atoms with Crippen molar-refractivity contribution in [2.24, 2.45) is 0 Å². The van der Waals surface area contributed by atoms with E-state index in [0.717, 1.165) is 35.4 Å². The molecule has 0 bridgehead atoms. The van der Waals surface area contributed by atoms with Gasteiger partial charge in [-0.2, -0.15) is 0 Å². The summed E-state index contributed by atoms with van der Waals surface area (Å²) >= 11 is 0. The van der Waals surface area contributed by atoms with Crippen molar-refractivity contribution >= 4 is 22.4 Å². The van der Waals surface area contributed by atoms with E-state index in [2.05, 4.69) is 42.1 Å². The fourth-order valence-electron chi connectivity index (χ4n) is 2.67. The normalized spacial score (nSPS) is 11.5. The van der Waals surface area contributed by atoms with Crippen molar-refractivity contribution < 1.29 is 4.74 Å². The predicted molar refractivity (Wildman–Crippen MR) is 103 cm³/mol. The Bertz CT molecular complexity index is 871. The number of ether oxygens (including phenoxy) is 1. The van der Waals surface area contributed by atoms with Gasteiger partial charge in [-0.05, 0) is 57.0 Å². The van der Waals surface area contributed by atoms with Crippen LogP contribution in [0.1, 0.15) is 26.3 Å². The molecule has 3 rings (SSSR count). The minimum absolute atomic E-state index is 0.218. The van der Waals surface area contributed by atoms with Crippen LogP contribution < -0.4 is 15.8 Å². The average molecular weight is 336 g/mol. The summed E-state index contributed by atoms with van der Waals surface area (Å²) in [5.41, 5.74) is 8.42. The Morgan fingerprint density at radius 2 is 1.88 bits per heavy atom. The molecular weight excluding hydrogens is 312 g/mol. The molecule has 0 amide bonds. The molecule has 0 fully saturated rings. The van der Waals surface area contributed by atoms with E-state index in [0.29, 0.717) is 5.69 Å². The van der Waals surface area contributed by atoms with Gasteiger partial charge in [-0.3, -0.25) is 0 Å². The molecule has 1 heterocycles. The number of para-hydroxylation sites is 1. The van der Waals surface area contributed by atoms with Gasteiger partial charge in [-0.1, -0.05) is 18.2 Å². The molecule has 0 aliphatic heterocycles.